The standard InChI is InChI=1S/C16H28/c1-2-14-10-8-5-9-13-16(14)15-11-6-3-4-7-12-15/h2,15-16H,3-13H2,1H3/b14-2-. The lowest BCUT2D eigenvalue weighted by Gasteiger charge is -2.27. The van der Waals surface area contributed by atoms with Crippen LogP contribution >= 0.6 is 0 Å². The third-order valence-electron chi connectivity index (χ3n) is 4.80. The van der Waals surface area contributed by atoms with Gasteiger partial charge in [-0.25, -0.2) is 0 Å². The summed E-state index contributed by atoms with van der Waals surface area (Å²) >= 11 is 0. The number of hydrogen-bond acceptors (Lipinski definition) is 0. The van der Waals surface area contributed by atoms with Crippen molar-refractivity contribution in [3.63, 3.8) is 0 Å². The Labute approximate surface area is 102 Å². The van der Waals surface area contributed by atoms with Crippen LogP contribution in [0.2, 0.25) is 0 Å². The fourth-order valence-corrected chi connectivity index (χ4v) is 3.85. The maximum Gasteiger partial charge on any atom is -0.0175 e. The minimum Gasteiger partial charge on any atom is -0.0882 e. The summed E-state index contributed by atoms with van der Waals surface area (Å²) in [5, 5.41) is 0. The highest BCUT2D eigenvalue weighted by Crippen LogP contribution is 2.39. The molecule has 16 heavy (non-hydrogen) atoms. The second kappa shape index (κ2) is 6.47. The van der Waals surface area contributed by atoms with Crippen LogP contribution in [-0.4, -0.2) is 0 Å². The molecule has 0 aliphatic heterocycles. The summed E-state index contributed by atoms with van der Waals surface area (Å²) in [7, 11) is 0. The average molecular weight is 220 g/mol. The molecule has 1 unspecified atom stereocenters. The lowest BCUT2D eigenvalue weighted by Crippen LogP contribution is -2.16. The number of rotatable bonds is 1. The van der Waals surface area contributed by atoms with Gasteiger partial charge in [0.15, 0.2) is 0 Å². The molecule has 1 atom stereocenters. The molecule has 0 bridgehead atoms. The van der Waals surface area contributed by atoms with Crippen molar-refractivity contribution in [3.8, 4) is 0 Å². The van der Waals surface area contributed by atoms with Gasteiger partial charge < -0.3 is 0 Å². The van der Waals surface area contributed by atoms with Gasteiger partial charge in [-0.3, -0.25) is 0 Å². The van der Waals surface area contributed by atoms with Crippen molar-refractivity contribution in [2.24, 2.45) is 11.8 Å². The first-order valence-electron chi connectivity index (χ1n) is 7.57. The van der Waals surface area contributed by atoms with Gasteiger partial charge in [0.1, 0.15) is 0 Å². The van der Waals surface area contributed by atoms with Crippen molar-refractivity contribution in [2.75, 3.05) is 0 Å². The summed E-state index contributed by atoms with van der Waals surface area (Å²) in [5.74, 6) is 2.00. The van der Waals surface area contributed by atoms with E-state index in [0.717, 1.165) is 11.8 Å². The molecule has 0 spiro atoms. The van der Waals surface area contributed by atoms with Crippen molar-refractivity contribution < 1.29 is 0 Å². The summed E-state index contributed by atoms with van der Waals surface area (Å²) in [6.07, 6.45) is 18.8. The Morgan fingerprint density at radius 2 is 1.44 bits per heavy atom. The molecule has 2 rings (SSSR count). The van der Waals surface area contributed by atoms with Crippen LogP contribution in [-0.2, 0) is 0 Å². The van der Waals surface area contributed by atoms with Crippen molar-refractivity contribution in [2.45, 2.75) is 77.6 Å². The van der Waals surface area contributed by atoms with E-state index in [0.29, 0.717) is 0 Å². The van der Waals surface area contributed by atoms with E-state index < -0.39 is 0 Å². The SMILES string of the molecule is C/C=C1/CCCCCC1C1CCCCCC1. The monoisotopic (exact) mass is 220 g/mol. The molecule has 0 radical (unpaired) electrons. The molecule has 92 valence electrons. The van der Waals surface area contributed by atoms with Crippen LogP contribution in [0.5, 0.6) is 0 Å². The molecule has 0 nitrogen and oxygen atoms in total. The molecule has 2 aliphatic carbocycles. The lowest BCUT2D eigenvalue weighted by atomic mass is 9.78. The molecular formula is C16H28. The molecule has 2 fully saturated rings. The lowest BCUT2D eigenvalue weighted by molar-refractivity contribution is 0.318. The normalized spacial score (nSPS) is 32.3. The Kier molecular flexibility index (Phi) is 4.93. The molecule has 0 heteroatoms. The van der Waals surface area contributed by atoms with E-state index in [9.17, 15) is 0 Å². The first-order chi connectivity index (χ1) is 7.92. The fraction of sp³-hybridized carbons (Fsp3) is 0.875. The van der Waals surface area contributed by atoms with E-state index in [4.69, 9.17) is 0 Å². The largest absolute Gasteiger partial charge is 0.0882 e. The highest BCUT2D eigenvalue weighted by molar-refractivity contribution is 5.08. The van der Waals surface area contributed by atoms with E-state index >= 15 is 0 Å². The van der Waals surface area contributed by atoms with Crippen molar-refractivity contribution in [1.29, 1.82) is 0 Å². The first-order valence-corrected chi connectivity index (χ1v) is 7.57. The van der Waals surface area contributed by atoms with Crippen molar-refractivity contribution in [1.82, 2.24) is 0 Å². The van der Waals surface area contributed by atoms with Gasteiger partial charge in [-0.1, -0.05) is 50.2 Å². The zero-order chi connectivity index (χ0) is 11.2. The third kappa shape index (κ3) is 3.12. The van der Waals surface area contributed by atoms with Gasteiger partial charge in [-0.05, 0) is 50.9 Å². The zero-order valence-electron chi connectivity index (χ0n) is 11.0. The number of hydrogen-bond donors (Lipinski definition) is 0. The van der Waals surface area contributed by atoms with Crippen LogP contribution in [0.25, 0.3) is 0 Å². The summed E-state index contributed by atoms with van der Waals surface area (Å²) in [4.78, 5) is 0. The summed E-state index contributed by atoms with van der Waals surface area (Å²) in [6.45, 7) is 2.27. The minimum atomic E-state index is 0.964. The number of allylic oxidation sites excluding steroid dienone is 2. The molecule has 0 saturated heterocycles. The van der Waals surface area contributed by atoms with Gasteiger partial charge in [-0.15, -0.1) is 0 Å². The first kappa shape index (κ1) is 12.2. The fourth-order valence-electron chi connectivity index (χ4n) is 3.85. The van der Waals surface area contributed by atoms with E-state index in [-0.39, 0.29) is 0 Å². The summed E-state index contributed by atoms with van der Waals surface area (Å²) in [5.41, 5.74) is 1.81. The predicted octanol–water partition coefficient (Wildman–Crippen LogP) is 5.48. The van der Waals surface area contributed by atoms with Crippen LogP contribution in [0.3, 0.4) is 0 Å². The molecular weight excluding hydrogens is 192 g/mol. The van der Waals surface area contributed by atoms with Crippen LogP contribution in [0.4, 0.5) is 0 Å². The van der Waals surface area contributed by atoms with E-state index in [2.05, 4.69) is 13.0 Å². The molecule has 2 saturated carbocycles. The van der Waals surface area contributed by atoms with Crippen LogP contribution in [0.1, 0.15) is 77.6 Å². The molecule has 0 aromatic carbocycles. The van der Waals surface area contributed by atoms with E-state index in [1.54, 1.807) is 0 Å². The van der Waals surface area contributed by atoms with Gasteiger partial charge in [-0.2, -0.15) is 0 Å². The Hall–Kier alpha value is -0.260. The summed E-state index contributed by atoms with van der Waals surface area (Å²) in [6, 6.07) is 0. The molecule has 0 amide bonds. The smallest absolute Gasteiger partial charge is 0.0175 e. The second-order valence-electron chi connectivity index (χ2n) is 5.82. The maximum atomic E-state index is 2.45. The molecule has 0 aromatic rings. The van der Waals surface area contributed by atoms with Crippen molar-refractivity contribution >= 4 is 0 Å². The quantitative estimate of drug-likeness (QED) is 0.405. The Morgan fingerprint density at radius 1 is 0.812 bits per heavy atom. The van der Waals surface area contributed by atoms with Crippen LogP contribution in [0, 0.1) is 11.8 Å². The topological polar surface area (TPSA) is 0 Å². The van der Waals surface area contributed by atoms with Crippen LogP contribution < -0.4 is 0 Å². The van der Waals surface area contributed by atoms with Gasteiger partial charge >= 0.3 is 0 Å². The third-order valence-corrected chi connectivity index (χ3v) is 4.80. The van der Waals surface area contributed by atoms with E-state index in [1.807, 2.05) is 5.57 Å². The van der Waals surface area contributed by atoms with Gasteiger partial charge in [0.05, 0.1) is 0 Å². The second-order valence-corrected chi connectivity index (χ2v) is 5.82. The maximum absolute atomic E-state index is 2.45. The highest BCUT2D eigenvalue weighted by Gasteiger charge is 2.26. The van der Waals surface area contributed by atoms with Gasteiger partial charge in [0.25, 0.3) is 0 Å². The highest BCUT2D eigenvalue weighted by atomic mass is 14.3. The van der Waals surface area contributed by atoms with Gasteiger partial charge in [0.2, 0.25) is 0 Å². The zero-order valence-corrected chi connectivity index (χ0v) is 11.0. The molecule has 0 aromatic heterocycles. The predicted molar refractivity (Wildman–Crippen MR) is 71.5 cm³/mol. The van der Waals surface area contributed by atoms with Crippen LogP contribution in [0.15, 0.2) is 11.6 Å². The molecule has 0 N–H and O–H groups in total. The Morgan fingerprint density at radius 3 is 2.12 bits per heavy atom. The Balaban J connectivity index is 2.02. The summed E-state index contributed by atoms with van der Waals surface area (Å²) < 4.78 is 0. The molecule has 0 heterocycles. The van der Waals surface area contributed by atoms with Crippen molar-refractivity contribution in [3.05, 3.63) is 11.6 Å². The Bertz CT molecular complexity index is 218. The minimum absolute atomic E-state index is 0.964. The molecule has 2 aliphatic rings. The average Bonchev–Trinajstić information content (AvgIpc) is 2.70. The van der Waals surface area contributed by atoms with Gasteiger partial charge in [0, 0.05) is 0 Å². The van der Waals surface area contributed by atoms with E-state index in [1.165, 1.54) is 70.6 Å².